The third kappa shape index (κ3) is 8.04. The van der Waals surface area contributed by atoms with Crippen LogP contribution in [0.3, 0.4) is 0 Å². The van der Waals surface area contributed by atoms with Crippen LogP contribution in [0.15, 0.2) is 54.6 Å². The predicted molar refractivity (Wildman–Crippen MR) is 187 cm³/mol. The molecule has 0 bridgehead atoms. The largest absolute Gasteiger partial charge is 0.480 e. The number of pyridine rings is 1. The lowest BCUT2D eigenvalue weighted by molar-refractivity contribution is -0.147. The number of carboxylic acids is 1. The van der Waals surface area contributed by atoms with Gasteiger partial charge in [0.25, 0.3) is 5.91 Å². The molecular formula is C37H40ClFN6O7. The van der Waals surface area contributed by atoms with Gasteiger partial charge in [0.1, 0.15) is 24.3 Å². The monoisotopic (exact) mass is 734 g/mol. The van der Waals surface area contributed by atoms with Crippen LogP contribution in [0.1, 0.15) is 59.0 Å². The number of hydrogen-bond acceptors (Lipinski definition) is 9. The van der Waals surface area contributed by atoms with Crippen molar-refractivity contribution in [3.63, 3.8) is 0 Å². The topological polar surface area (TPSA) is 159 Å². The molecule has 4 aromatic rings. The van der Waals surface area contributed by atoms with Gasteiger partial charge in [0.05, 0.1) is 42.9 Å². The highest BCUT2D eigenvalue weighted by atomic mass is 35.5. The molecule has 3 N–H and O–H groups in total. The van der Waals surface area contributed by atoms with Crippen LogP contribution >= 0.6 is 11.6 Å². The molecule has 15 heteroatoms. The Morgan fingerprint density at radius 1 is 1.06 bits per heavy atom. The molecule has 0 unspecified atom stereocenters. The quantitative estimate of drug-likeness (QED) is 0.196. The molecule has 274 valence electrons. The number of aliphatic hydroxyl groups is 1. The first-order valence-electron chi connectivity index (χ1n) is 17.5. The molecule has 7 rings (SSSR count). The Morgan fingerprint density at radius 3 is 2.60 bits per heavy atom. The van der Waals surface area contributed by atoms with Gasteiger partial charge in [-0.15, -0.1) is 0 Å². The average Bonchev–Trinajstić information content (AvgIpc) is 3.68. The van der Waals surface area contributed by atoms with Gasteiger partial charge in [0.2, 0.25) is 11.8 Å². The van der Waals surface area contributed by atoms with E-state index in [1.165, 1.54) is 6.07 Å². The number of rotatable bonds is 12. The molecule has 3 aliphatic rings. The van der Waals surface area contributed by atoms with E-state index in [1.54, 1.807) is 30.3 Å². The molecule has 0 spiro atoms. The first-order chi connectivity index (χ1) is 25.1. The SMILES string of the molecule is O=C(NCC(=O)N1C[C@H](O)C[C@@H]1C(=O)O)c1ccc2c(c1)nc(CN1CCC(c3cccc(OCc4ccc(Cl)cc4F)n3)CC1)n2C[C@@H]1CCO1. The second-order valence-corrected chi connectivity index (χ2v) is 14.0. The molecule has 5 heterocycles. The number of amides is 2. The molecule has 0 radical (unpaired) electrons. The Bertz CT molecular complexity index is 1960. The number of halogens is 2. The zero-order chi connectivity index (χ0) is 36.4. The fraction of sp³-hybridized carbons (Fsp3) is 0.432. The predicted octanol–water partition coefficient (Wildman–Crippen LogP) is 3.75. The van der Waals surface area contributed by atoms with E-state index < -0.39 is 42.3 Å². The standard InChI is InChI=1S/C37H40ClFN6O7/c38-25-6-4-24(28(39)15-25)21-52-34-3-1-2-29(42-34)22-8-11-43(12-9-22)20-33-41-30-14-23(5-7-31(30)44(33)19-27-10-13-51-27)36(48)40-17-35(47)45-18-26(46)16-32(45)37(49)50/h1-7,14-15,22,26-27,32,46H,8-13,16-21H2,(H,40,48)(H,49,50)/t26-,27+,32-/m1/s1. The van der Waals surface area contributed by atoms with Crippen LogP contribution in [-0.2, 0) is 34.0 Å². The van der Waals surface area contributed by atoms with E-state index >= 15 is 0 Å². The number of β-amino-alcohol motifs (C(OH)–C–C–N with tert-alkyl or cyclic N) is 1. The first-order valence-corrected chi connectivity index (χ1v) is 17.8. The van der Waals surface area contributed by atoms with Crippen LogP contribution in [0.25, 0.3) is 11.0 Å². The lowest BCUT2D eigenvalue weighted by Crippen LogP contribution is -2.45. The Balaban J connectivity index is 0.983. The van der Waals surface area contributed by atoms with Gasteiger partial charge in [-0.3, -0.25) is 14.5 Å². The fourth-order valence-electron chi connectivity index (χ4n) is 7.08. The molecule has 52 heavy (non-hydrogen) atoms. The van der Waals surface area contributed by atoms with Gasteiger partial charge in [-0.05, 0) is 68.8 Å². The van der Waals surface area contributed by atoms with Crippen molar-refractivity contribution in [1.29, 1.82) is 0 Å². The molecule has 0 aliphatic carbocycles. The van der Waals surface area contributed by atoms with E-state index in [9.17, 15) is 29.0 Å². The van der Waals surface area contributed by atoms with Gasteiger partial charge in [0, 0.05) is 53.4 Å². The van der Waals surface area contributed by atoms with Gasteiger partial charge in [-0.25, -0.2) is 19.2 Å². The zero-order valence-corrected chi connectivity index (χ0v) is 29.2. The van der Waals surface area contributed by atoms with Crippen molar-refractivity contribution in [1.82, 2.24) is 29.7 Å². The minimum atomic E-state index is -1.19. The normalized spacial score (nSPS) is 20.9. The van der Waals surface area contributed by atoms with Gasteiger partial charge < -0.3 is 34.5 Å². The number of aliphatic carboxylic acids is 1. The van der Waals surface area contributed by atoms with Crippen molar-refractivity contribution in [3.05, 3.63) is 88.1 Å². The van der Waals surface area contributed by atoms with Crippen molar-refractivity contribution in [2.75, 3.05) is 32.8 Å². The molecule has 2 aromatic carbocycles. The summed E-state index contributed by atoms with van der Waals surface area (Å²) in [5, 5.41) is 22.2. The summed E-state index contributed by atoms with van der Waals surface area (Å²) in [4.78, 5) is 50.5. The number of aromatic nitrogens is 3. The summed E-state index contributed by atoms with van der Waals surface area (Å²) >= 11 is 5.87. The van der Waals surface area contributed by atoms with Crippen LogP contribution in [-0.4, -0.2) is 103 Å². The summed E-state index contributed by atoms with van der Waals surface area (Å²) in [5.41, 5.74) is 3.20. The third-order valence-electron chi connectivity index (χ3n) is 10.1. The number of nitrogens with zero attached hydrogens (tertiary/aromatic N) is 5. The highest BCUT2D eigenvalue weighted by Gasteiger charge is 2.38. The fourth-order valence-corrected chi connectivity index (χ4v) is 7.24. The molecule has 13 nitrogen and oxygen atoms in total. The summed E-state index contributed by atoms with van der Waals surface area (Å²) in [5.74, 6) is -1.11. The Kier molecular flexibility index (Phi) is 10.7. The van der Waals surface area contributed by atoms with Crippen LogP contribution in [0.4, 0.5) is 4.39 Å². The molecule has 3 atom stereocenters. The lowest BCUT2D eigenvalue weighted by Gasteiger charge is -2.32. The maximum absolute atomic E-state index is 14.2. The van der Waals surface area contributed by atoms with E-state index in [0.29, 0.717) is 40.6 Å². The molecule has 3 saturated heterocycles. The van der Waals surface area contributed by atoms with Gasteiger partial charge in [-0.2, -0.15) is 0 Å². The Hall–Kier alpha value is -4.63. The number of piperidine rings is 1. The summed E-state index contributed by atoms with van der Waals surface area (Å²) in [6.07, 6.45) is 1.87. The minimum Gasteiger partial charge on any atom is -0.480 e. The maximum atomic E-state index is 14.2. The van der Waals surface area contributed by atoms with Gasteiger partial charge in [0.15, 0.2) is 0 Å². The number of hydrogen-bond donors (Lipinski definition) is 3. The second kappa shape index (κ2) is 15.5. The zero-order valence-electron chi connectivity index (χ0n) is 28.4. The Morgan fingerprint density at radius 2 is 1.87 bits per heavy atom. The summed E-state index contributed by atoms with van der Waals surface area (Å²) in [6.45, 7) is 3.21. The van der Waals surface area contributed by atoms with Crippen molar-refractivity contribution >= 4 is 40.4 Å². The number of likely N-dealkylation sites (tertiary alicyclic amines) is 2. The van der Waals surface area contributed by atoms with Crippen molar-refractivity contribution in [3.8, 4) is 5.88 Å². The molecule has 0 saturated carbocycles. The van der Waals surface area contributed by atoms with Gasteiger partial charge in [-0.1, -0.05) is 23.7 Å². The molecule has 3 aliphatic heterocycles. The summed E-state index contributed by atoms with van der Waals surface area (Å²) in [7, 11) is 0. The number of carboxylic acid groups (broad SMARTS) is 1. The summed E-state index contributed by atoms with van der Waals surface area (Å²) in [6, 6.07) is 14.3. The van der Waals surface area contributed by atoms with Gasteiger partial charge >= 0.3 is 5.97 Å². The number of ether oxygens (including phenoxy) is 2. The number of imidazole rings is 1. The molecular weight excluding hydrogens is 695 g/mol. The first kappa shape index (κ1) is 35.8. The Labute approximate surface area is 304 Å². The van der Waals surface area contributed by atoms with E-state index in [-0.39, 0.29) is 31.6 Å². The number of benzene rings is 2. The highest BCUT2D eigenvalue weighted by molar-refractivity contribution is 6.30. The number of carbonyl (C=O) groups excluding carboxylic acids is 2. The highest BCUT2D eigenvalue weighted by Crippen LogP contribution is 2.30. The van der Waals surface area contributed by atoms with E-state index in [2.05, 4.69) is 14.8 Å². The average molecular weight is 735 g/mol. The molecule has 2 amide bonds. The van der Waals surface area contributed by atoms with Crippen LogP contribution in [0.2, 0.25) is 5.02 Å². The third-order valence-corrected chi connectivity index (χ3v) is 10.3. The van der Waals surface area contributed by atoms with Crippen LogP contribution in [0, 0.1) is 5.82 Å². The van der Waals surface area contributed by atoms with Crippen molar-refractivity contribution in [2.24, 2.45) is 0 Å². The van der Waals surface area contributed by atoms with Crippen LogP contribution in [0.5, 0.6) is 5.88 Å². The van der Waals surface area contributed by atoms with E-state index in [4.69, 9.17) is 31.0 Å². The second-order valence-electron chi connectivity index (χ2n) is 13.6. The number of nitrogens with one attached hydrogen (secondary N) is 1. The minimum absolute atomic E-state index is 0.0440. The molecule has 3 fully saturated rings. The number of fused-ring (bicyclic) bond motifs is 1. The van der Waals surface area contributed by atoms with E-state index in [1.807, 2.05) is 18.2 Å². The number of aliphatic hydroxyl groups excluding tert-OH is 1. The van der Waals surface area contributed by atoms with Crippen molar-refractivity contribution in [2.45, 2.75) is 69.5 Å². The van der Waals surface area contributed by atoms with Crippen molar-refractivity contribution < 1.29 is 38.5 Å². The number of carbonyl (C=O) groups is 3. The lowest BCUT2D eigenvalue weighted by atomic mass is 9.93. The maximum Gasteiger partial charge on any atom is 0.326 e. The van der Waals surface area contributed by atoms with Crippen LogP contribution < -0.4 is 10.1 Å². The van der Waals surface area contributed by atoms with E-state index in [0.717, 1.165) is 60.9 Å². The molecule has 2 aromatic heterocycles. The summed E-state index contributed by atoms with van der Waals surface area (Å²) < 4.78 is 28.0. The smallest absolute Gasteiger partial charge is 0.326 e.